The first-order valence-corrected chi connectivity index (χ1v) is 7.22. The Labute approximate surface area is 116 Å². The van der Waals surface area contributed by atoms with Gasteiger partial charge in [0.2, 0.25) is 5.91 Å². The zero-order valence-electron chi connectivity index (χ0n) is 12.0. The summed E-state index contributed by atoms with van der Waals surface area (Å²) in [6, 6.07) is 8.34. The lowest BCUT2D eigenvalue weighted by Crippen LogP contribution is -2.38. The van der Waals surface area contributed by atoms with Crippen LogP contribution in [0.4, 0.5) is 0 Å². The molecule has 1 heterocycles. The highest BCUT2D eigenvalue weighted by Crippen LogP contribution is 2.15. The van der Waals surface area contributed by atoms with Crippen LogP contribution >= 0.6 is 0 Å². The number of nitrogens with one attached hydrogen (secondary N) is 1. The van der Waals surface area contributed by atoms with E-state index in [0.717, 1.165) is 39.0 Å². The standard InChI is InChI=1S/C16H24N2O/c1-13-6-3-4-7-15(13)12-14(2)16(19)18-10-5-8-17-9-11-18/h3-4,6-7,14,17H,5,8-12H2,1-2H3. The van der Waals surface area contributed by atoms with Gasteiger partial charge in [-0.25, -0.2) is 0 Å². The first-order valence-electron chi connectivity index (χ1n) is 7.22. The highest BCUT2D eigenvalue weighted by atomic mass is 16.2. The van der Waals surface area contributed by atoms with Crippen molar-refractivity contribution in [1.29, 1.82) is 0 Å². The Balaban J connectivity index is 1.97. The summed E-state index contributed by atoms with van der Waals surface area (Å²) in [4.78, 5) is 14.5. The number of amides is 1. The number of carbonyl (C=O) groups is 1. The number of hydrogen-bond donors (Lipinski definition) is 1. The minimum absolute atomic E-state index is 0.0687. The van der Waals surface area contributed by atoms with E-state index in [0.29, 0.717) is 5.91 Å². The van der Waals surface area contributed by atoms with Crippen LogP contribution in [0.15, 0.2) is 24.3 Å². The normalized spacial score (nSPS) is 17.9. The molecule has 1 aromatic rings. The van der Waals surface area contributed by atoms with Crippen molar-refractivity contribution in [3.8, 4) is 0 Å². The molecule has 1 aromatic carbocycles. The van der Waals surface area contributed by atoms with Crippen LogP contribution in [0.25, 0.3) is 0 Å². The van der Waals surface area contributed by atoms with Crippen molar-refractivity contribution < 1.29 is 4.79 Å². The Kier molecular flexibility index (Phi) is 4.97. The second kappa shape index (κ2) is 6.71. The van der Waals surface area contributed by atoms with Crippen LogP contribution in [-0.2, 0) is 11.2 Å². The molecule has 0 saturated carbocycles. The maximum absolute atomic E-state index is 12.5. The minimum atomic E-state index is 0.0687. The van der Waals surface area contributed by atoms with Gasteiger partial charge < -0.3 is 10.2 Å². The third-order valence-corrected chi connectivity index (χ3v) is 3.86. The molecule has 1 atom stereocenters. The highest BCUT2D eigenvalue weighted by Gasteiger charge is 2.21. The molecule has 0 aromatic heterocycles. The van der Waals surface area contributed by atoms with Gasteiger partial charge in [-0.15, -0.1) is 0 Å². The maximum Gasteiger partial charge on any atom is 0.225 e. The molecule has 104 valence electrons. The Morgan fingerprint density at radius 2 is 2.11 bits per heavy atom. The molecule has 1 N–H and O–H groups in total. The third-order valence-electron chi connectivity index (χ3n) is 3.86. The Morgan fingerprint density at radius 3 is 2.89 bits per heavy atom. The molecule has 1 aliphatic rings. The van der Waals surface area contributed by atoms with Crippen molar-refractivity contribution in [2.24, 2.45) is 5.92 Å². The van der Waals surface area contributed by atoms with Crippen molar-refractivity contribution in [2.45, 2.75) is 26.7 Å². The van der Waals surface area contributed by atoms with Crippen molar-refractivity contribution in [1.82, 2.24) is 10.2 Å². The summed E-state index contributed by atoms with van der Waals surface area (Å²) in [5.41, 5.74) is 2.57. The topological polar surface area (TPSA) is 32.3 Å². The van der Waals surface area contributed by atoms with Gasteiger partial charge in [0.05, 0.1) is 0 Å². The second-order valence-corrected chi connectivity index (χ2v) is 5.46. The fourth-order valence-electron chi connectivity index (χ4n) is 2.63. The zero-order chi connectivity index (χ0) is 13.7. The molecule has 0 bridgehead atoms. The van der Waals surface area contributed by atoms with Crippen molar-refractivity contribution in [2.75, 3.05) is 26.2 Å². The minimum Gasteiger partial charge on any atom is -0.341 e. The number of hydrogen-bond acceptors (Lipinski definition) is 2. The van der Waals surface area contributed by atoms with E-state index in [1.54, 1.807) is 0 Å². The third kappa shape index (κ3) is 3.80. The number of nitrogens with zero attached hydrogens (tertiary/aromatic N) is 1. The summed E-state index contributed by atoms with van der Waals surface area (Å²) in [6.45, 7) is 7.84. The van der Waals surface area contributed by atoms with Gasteiger partial charge in [-0.1, -0.05) is 31.2 Å². The molecule has 3 nitrogen and oxygen atoms in total. The predicted octanol–water partition coefficient (Wildman–Crippen LogP) is 2.00. The van der Waals surface area contributed by atoms with Gasteiger partial charge in [0, 0.05) is 25.6 Å². The van der Waals surface area contributed by atoms with Gasteiger partial charge in [0.25, 0.3) is 0 Å². The molecule has 19 heavy (non-hydrogen) atoms. The van der Waals surface area contributed by atoms with Gasteiger partial charge in [-0.3, -0.25) is 4.79 Å². The predicted molar refractivity (Wildman–Crippen MR) is 78.1 cm³/mol. The first kappa shape index (κ1) is 14.1. The zero-order valence-corrected chi connectivity index (χ0v) is 12.0. The Hall–Kier alpha value is -1.35. The number of benzene rings is 1. The lowest BCUT2D eigenvalue weighted by molar-refractivity contribution is -0.134. The van der Waals surface area contributed by atoms with E-state index in [4.69, 9.17) is 0 Å². The van der Waals surface area contributed by atoms with Crippen LogP contribution in [0.2, 0.25) is 0 Å². The quantitative estimate of drug-likeness (QED) is 0.901. The molecule has 0 spiro atoms. The molecule has 1 unspecified atom stereocenters. The van der Waals surface area contributed by atoms with E-state index >= 15 is 0 Å². The van der Waals surface area contributed by atoms with Gasteiger partial charge in [-0.2, -0.15) is 0 Å². The summed E-state index contributed by atoms with van der Waals surface area (Å²) < 4.78 is 0. The van der Waals surface area contributed by atoms with Gasteiger partial charge in [0.1, 0.15) is 0 Å². The highest BCUT2D eigenvalue weighted by molar-refractivity contribution is 5.78. The molecule has 1 saturated heterocycles. The van der Waals surface area contributed by atoms with Crippen molar-refractivity contribution in [3.63, 3.8) is 0 Å². The summed E-state index contributed by atoms with van der Waals surface area (Å²) in [6.07, 6.45) is 1.90. The molecule has 0 aliphatic carbocycles. The first-order chi connectivity index (χ1) is 9.18. The summed E-state index contributed by atoms with van der Waals surface area (Å²) >= 11 is 0. The lowest BCUT2D eigenvalue weighted by Gasteiger charge is -2.24. The molecule has 3 heteroatoms. The molecular formula is C16H24N2O. The lowest BCUT2D eigenvalue weighted by atomic mass is 9.96. The Morgan fingerprint density at radius 1 is 1.32 bits per heavy atom. The fourth-order valence-corrected chi connectivity index (χ4v) is 2.63. The summed E-state index contributed by atoms with van der Waals surface area (Å²) in [5, 5.41) is 3.34. The number of aryl methyl sites for hydroxylation is 1. The van der Waals surface area contributed by atoms with Crippen molar-refractivity contribution >= 4 is 5.91 Å². The molecule has 0 radical (unpaired) electrons. The molecular weight excluding hydrogens is 236 g/mol. The fraction of sp³-hybridized carbons (Fsp3) is 0.562. The van der Waals surface area contributed by atoms with Crippen LogP contribution in [0.3, 0.4) is 0 Å². The van der Waals surface area contributed by atoms with E-state index in [9.17, 15) is 4.79 Å². The van der Waals surface area contributed by atoms with Crippen LogP contribution in [0.1, 0.15) is 24.5 Å². The SMILES string of the molecule is Cc1ccccc1CC(C)C(=O)N1CCCNCC1. The molecule has 1 aliphatic heterocycles. The largest absolute Gasteiger partial charge is 0.341 e. The molecule has 1 fully saturated rings. The van der Waals surface area contributed by atoms with Gasteiger partial charge in [-0.05, 0) is 37.4 Å². The molecule has 1 amide bonds. The van der Waals surface area contributed by atoms with Crippen molar-refractivity contribution in [3.05, 3.63) is 35.4 Å². The second-order valence-electron chi connectivity index (χ2n) is 5.46. The smallest absolute Gasteiger partial charge is 0.225 e. The van der Waals surface area contributed by atoms with Crippen LogP contribution in [-0.4, -0.2) is 37.0 Å². The van der Waals surface area contributed by atoms with Gasteiger partial charge in [0.15, 0.2) is 0 Å². The summed E-state index contributed by atoms with van der Waals surface area (Å²) in [5.74, 6) is 0.367. The van der Waals surface area contributed by atoms with E-state index in [1.165, 1.54) is 11.1 Å². The van der Waals surface area contributed by atoms with Crippen LogP contribution in [0, 0.1) is 12.8 Å². The molecule has 2 rings (SSSR count). The Bertz CT molecular complexity index is 423. The van der Waals surface area contributed by atoms with E-state index < -0.39 is 0 Å². The van der Waals surface area contributed by atoms with Gasteiger partial charge >= 0.3 is 0 Å². The monoisotopic (exact) mass is 260 g/mol. The van der Waals surface area contributed by atoms with E-state index in [1.807, 2.05) is 17.9 Å². The summed E-state index contributed by atoms with van der Waals surface area (Å²) in [7, 11) is 0. The van der Waals surface area contributed by atoms with Crippen LogP contribution in [0.5, 0.6) is 0 Å². The van der Waals surface area contributed by atoms with E-state index in [-0.39, 0.29) is 5.92 Å². The van der Waals surface area contributed by atoms with E-state index in [2.05, 4.69) is 30.4 Å². The average molecular weight is 260 g/mol. The average Bonchev–Trinajstić information content (AvgIpc) is 2.69. The van der Waals surface area contributed by atoms with Crippen LogP contribution < -0.4 is 5.32 Å². The number of carbonyl (C=O) groups excluding carboxylic acids is 1. The maximum atomic E-state index is 12.5. The number of rotatable bonds is 3.